The summed E-state index contributed by atoms with van der Waals surface area (Å²) in [5.74, 6) is 0.348. The molecule has 0 spiro atoms. The number of aromatic amines is 1. The number of fused-ring (bicyclic) bond motifs is 1. The quantitative estimate of drug-likeness (QED) is 0.676. The fourth-order valence-electron chi connectivity index (χ4n) is 4.70. The molecular formula is C23H25F2N5. The van der Waals surface area contributed by atoms with Crippen LogP contribution in [0.5, 0.6) is 0 Å². The highest BCUT2D eigenvalue weighted by molar-refractivity contribution is 5.62. The van der Waals surface area contributed by atoms with Crippen molar-refractivity contribution >= 4 is 0 Å². The zero-order chi connectivity index (χ0) is 20.5. The van der Waals surface area contributed by atoms with Crippen LogP contribution in [0, 0.1) is 11.6 Å². The highest BCUT2D eigenvalue weighted by atomic mass is 19.1. The van der Waals surface area contributed by atoms with Gasteiger partial charge in [0, 0.05) is 66.6 Å². The molecular weight excluding hydrogens is 384 g/mol. The average Bonchev–Trinajstić information content (AvgIpc) is 3.21. The molecule has 5 nitrogen and oxygen atoms in total. The standard InChI is InChI=1S/C23H25F2N5/c24-19-8-16(9-20(25)10-19)22-18(12-27-29-22)14-30-7-6-21-17(13-30)11-26-23(28-21)15-4-2-1-3-5-15/h8-12,15H,1-7,13-14H2,(H,27,29). The molecule has 5 rings (SSSR count). The lowest BCUT2D eigenvalue weighted by molar-refractivity contribution is 0.242. The van der Waals surface area contributed by atoms with Gasteiger partial charge in [0.2, 0.25) is 0 Å². The Morgan fingerprint density at radius 1 is 1.03 bits per heavy atom. The Hall–Kier alpha value is -2.67. The molecule has 0 atom stereocenters. The molecule has 1 saturated carbocycles. The van der Waals surface area contributed by atoms with Gasteiger partial charge in [0.25, 0.3) is 0 Å². The van der Waals surface area contributed by atoms with Gasteiger partial charge in [-0.15, -0.1) is 0 Å². The van der Waals surface area contributed by atoms with Crippen LogP contribution in [0.4, 0.5) is 8.78 Å². The Kier molecular flexibility index (Phi) is 5.29. The van der Waals surface area contributed by atoms with Crippen molar-refractivity contribution in [1.29, 1.82) is 0 Å². The molecule has 30 heavy (non-hydrogen) atoms. The Morgan fingerprint density at radius 2 is 1.83 bits per heavy atom. The molecule has 7 heteroatoms. The van der Waals surface area contributed by atoms with Crippen LogP contribution in [-0.2, 0) is 19.5 Å². The lowest BCUT2D eigenvalue weighted by atomic mass is 9.88. The average molecular weight is 409 g/mol. The van der Waals surface area contributed by atoms with E-state index in [9.17, 15) is 8.78 Å². The molecule has 3 heterocycles. The highest BCUT2D eigenvalue weighted by Crippen LogP contribution is 2.32. The molecule has 3 aromatic rings. The van der Waals surface area contributed by atoms with E-state index in [-0.39, 0.29) is 0 Å². The summed E-state index contributed by atoms with van der Waals surface area (Å²) in [6, 6.07) is 3.53. The van der Waals surface area contributed by atoms with Crippen LogP contribution in [0.2, 0.25) is 0 Å². The normalized spacial score (nSPS) is 17.8. The number of benzene rings is 1. The van der Waals surface area contributed by atoms with Gasteiger partial charge in [0.15, 0.2) is 0 Å². The Morgan fingerprint density at radius 3 is 2.63 bits per heavy atom. The molecule has 1 aliphatic heterocycles. The first kappa shape index (κ1) is 19.3. The van der Waals surface area contributed by atoms with Crippen LogP contribution in [0.15, 0.2) is 30.6 Å². The molecule has 0 bridgehead atoms. The molecule has 1 fully saturated rings. The van der Waals surface area contributed by atoms with Crippen LogP contribution < -0.4 is 0 Å². The van der Waals surface area contributed by atoms with Crippen molar-refractivity contribution in [2.24, 2.45) is 0 Å². The van der Waals surface area contributed by atoms with Gasteiger partial charge in [-0.1, -0.05) is 19.3 Å². The predicted molar refractivity (Wildman–Crippen MR) is 110 cm³/mol. The summed E-state index contributed by atoms with van der Waals surface area (Å²) in [6.07, 6.45) is 10.9. The fraction of sp³-hybridized carbons (Fsp3) is 0.435. The third-order valence-electron chi connectivity index (χ3n) is 6.26. The third-order valence-corrected chi connectivity index (χ3v) is 6.26. The zero-order valence-electron chi connectivity index (χ0n) is 16.9. The molecule has 0 saturated heterocycles. The lowest BCUT2D eigenvalue weighted by Gasteiger charge is -2.29. The van der Waals surface area contributed by atoms with E-state index < -0.39 is 11.6 Å². The van der Waals surface area contributed by atoms with E-state index in [1.807, 2.05) is 6.20 Å². The molecule has 2 aliphatic rings. The van der Waals surface area contributed by atoms with Crippen molar-refractivity contribution in [2.45, 2.75) is 57.5 Å². The summed E-state index contributed by atoms with van der Waals surface area (Å²) in [6.45, 7) is 2.30. The van der Waals surface area contributed by atoms with Gasteiger partial charge in [-0.05, 0) is 25.0 Å². The van der Waals surface area contributed by atoms with Gasteiger partial charge < -0.3 is 0 Å². The van der Waals surface area contributed by atoms with E-state index in [0.29, 0.717) is 23.7 Å². The number of nitrogens with one attached hydrogen (secondary N) is 1. The maximum atomic E-state index is 13.6. The van der Waals surface area contributed by atoms with Gasteiger partial charge >= 0.3 is 0 Å². The number of hydrogen-bond donors (Lipinski definition) is 1. The number of aromatic nitrogens is 4. The minimum Gasteiger partial charge on any atom is -0.294 e. The van der Waals surface area contributed by atoms with Gasteiger partial charge in [0.1, 0.15) is 17.5 Å². The van der Waals surface area contributed by atoms with Crippen molar-refractivity contribution in [3.05, 3.63) is 64.9 Å². The Labute approximate surface area is 174 Å². The topological polar surface area (TPSA) is 57.7 Å². The van der Waals surface area contributed by atoms with E-state index in [2.05, 4.69) is 15.1 Å². The maximum Gasteiger partial charge on any atom is 0.131 e. The van der Waals surface area contributed by atoms with Crippen LogP contribution >= 0.6 is 0 Å². The van der Waals surface area contributed by atoms with Crippen molar-refractivity contribution in [2.75, 3.05) is 6.54 Å². The predicted octanol–water partition coefficient (Wildman–Crippen LogP) is 4.75. The molecule has 0 unspecified atom stereocenters. The molecule has 156 valence electrons. The second-order valence-electron chi connectivity index (χ2n) is 8.42. The summed E-state index contributed by atoms with van der Waals surface area (Å²) >= 11 is 0. The minimum absolute atomic E-state index is 0.470. The fourth-order valence-corrected chi connectivity index (χ4v) is 4.70. The number of halogens is 2. The van der Waals surface area contributed by atoms with E-state index in [1.54, 1.807) is 6.20 Å². The smallest absolute Gasteiger partial charge is 0.131 e. The van der Waals surface area contributed by atoms with Gasteiger partial charge in [-0.3, -0.25) is 10.00 Å². The molecule has 1 aromatic carbocycles. The van der Waals surface area contributed by atoms with Crippen molar-refractivity contribution in [3.8, 4) is 11.3 Å². The first-order chi connectivity index (χ1) is 14.7. The van der Waals surface area contributed by atoms with E-state index in [1.165, 1.54) is 55.5 Å². The highest BCUT2D eigenvalue weighted by Gasteiger charge is 2.23. The third kappa shape index (κ3) is 3.99. The monoisotopic (exact) mass is 409 g/mol. The van der Waals surface area contributed by atoms with Crippen molar-refractivity contribution < 1.29 is 8.78 Å². The molecule has 2 aromatic heterocycles. The number of H-pyrrole nitrogens is 1. The Bertz CT molecular complexity index is 1020. The SMILES string of the molecule is Fc1cc(F)cc(-c2[nH]ncc2CN2CCc3nc(C4CCCCC4)ncc3C2)c1. The molecule has 0 radical (unpaired) electrons. The van der Waals surface area contributed by atoms with Gasteiger partial charge in [-0.2, -0.15) is 5.10 Å². The maximum absolute atomic E-state index is 13.6. The second kappa shape index (κ2) is 8.22. The van der Waals surface area contributed by atoms with Crippen molar-refractivity contribution in [1.82, 2.24) is 25.1 Å². The van der Waals surface area contributed by atoms with Crippen LogP contribution in [-0.4, -0.2) is 31.6 Å². The molecule has 1 N–H and O–H groups in total. The zero-order valence-corrected chi connectivity index (χ0v) is 16.9. The summed E-state index contributed by atoms with van der Waals surface area (Å²) in [7, 11) is 0. The summed E-state index contributed by atoms with van der Waals surface area (Å²) in [5.41, 5.74) is 4.38. The van der Waals surface area contributed by atoms with Gasteiger partial charge in [0.05, 0.1) is 11.9 Å². The van der Waals surface area contributed by atoms with E-state index >= 15 is 0 Å². The Balaban J connectivity index is 1.31. The number of nitrogens with zero attached hydrogens (tertiary/aromatic N) is 4. The van der Waals surface area contributed by atoms with Crippen LogP contribution in [0.25, 0.3) is 11.3 Å². The summed E-state index contributed by atoms with van der Waals surface area (Å²) in [4.78, 5) is 11.9. The van der Waals surface area contributed by atoms with Crippen LogP contribution in [0.3, 0.4) is 0 Å². The summed E-state index contributed by atoms with van der Waals surface area (Å²) < 4.78 is 27.3. The molecule has 0 amide bonds. The van der Waals surface area contributed by atoms with Crippen molar-refractivity contribution in [3.63, 3.8) is 0 Å². The first-order valence-electron chi connectivity index (χ1n) is 10.7. The lowest BCUT2D eigenvalue weighted by Crippen LogP contribution is -2.31. The van der Waals surface area contributed by atoms with E-state index in [4.69, 9.17) is 9.97 Å². The largest absolute Gasteiger partial charge is 0.294 e. The van der Waals surface area contributed by atoms with Crippen LogP contribution in [0.1, 0.15) is 60.7 Å². The molecule has 1 aliphatic carbocycles. The first-order valence-corrected chi connectivity index (χ1v) is 10.7. The minimum atomic E-state index is -0.594. The number of rotatable bonds is 4. The summed E-state index contributed by atoms with van der Waals surface area (Å²) in [5, 5.41) is 7.00. The van der Waals surface area contributed by atoms with E-state index in [0.717, 1.165) is 37.0 Å². The van der Waals surface area contributed by atoms with Gasteiger partial charge in [-0.25, -0.2) is 18.7 Å². The number of hydrogen-bond acceptors (Lipinski definition) is 4. The second-order valence-corrected chi connectivity index (χ2v) is 8.42.